The molecular weight excluding hydrogens is 448 g/mol. The molecule has 0 radical (unpaired) electrons. The van der Waals surface area contributed by atoms with E-state index in [0.717, 1.165) is 22.3 Å². The summed E-state index contributed by atoms with van der Waals surface area (Å²) in [6.07, 6.45) is 1.01. The van der Waals surface area contributed by atoms with Crippen LogP contribution in [-0.4, -0.2) is 65.9 Å². The van der Waals surface area contributed by atoms with Crippen molar-refractivity contribution >= 4 is 18.0 Å². The summed E-state index contributed by atoms with van der Waals surface area (Å²) in [5.74, 6) is -1.68. The maximum atomic E-state index is 13.6. The van der Waals surface area contributed by atoms with Crippen molar-refractivity contribution in [1.82, 2.24) is 10.2 Å². The normalized spacial score (nSPS) is 20.9. The molecule has 2 aromatic carbocycles. The largest absolute Gasteiger partial charge is 0.480 e. The van der Waals surface area contributed by atoms with Crippen LogP contribution in [0.2, 0.25) is 0 Å². The lowest BCUT2D eigenvalue weighted by Crippen LogP contribution is -2.67. The lowest BCUT2D eigenvalue weighted by atomic mass is 9.86. The molecule has 2 amide bonds. The number of hydrogen-bond donors (Lipinski definition) is 2. The Hall–Kier alpha value is -3.39. The molecule has 2 aromatic rings. The molecule has 35 heavy (non-hydrogen) atoms. The first-order valence-corrected chi connectivity index (χ1v) is 11.9. The van der Waals surface area contributed by atoms with Crippen LogP contribution in [0.3, 0.4) is 0 Å². The first-order valence-electron chi connectivity index (χ1n) is 11.9. The van der Waals surface area contributed by atoms with Crippen LogP contribution >= 0.6 is 0 Å². The summed E-state index contributed by atoms with van der Waals surface area (Å²) in [5.41, 5.74) is 1.59. The summed E-state index contributed by atoms with van der Waals surface area (Å²) >= 11 is 0. The van der Waals surface area contributed by atoms with Gasteiger partial charge in [-0.05, 0) is 55.4 Å². The molecule has 1 aliphatic carbocycles. The maximum Gasteiger partial charge on any atom is 0.408 e. The molecule has 1 aliphatic heterocycles. The fourth-order valence-corrected chi connectivity index (χ4v) is 5.27. The average Bonchev–Trinajstić information content (AvgIpc) is 3.16. The number of piperidine rings is 1. The van der Waals surface area contributed by atoms with Gasteiger partial charge in [0.2, 0.25) is 0 Å². The Bertz CT molecular complexity index is 1090. The quantitative estimate of drug-likeness (QED) is 0.625. The number of carbonyl (C=O) groups excluding carboxylic acids is 2. The fourth-order valence-electron chi connectivity index (χ4n) is 5.27. The Balaban J connectivity index is 1.50. The van der Waals surface area contributed by atoms with E-state index in [4.69, 9.17) is 9.47 Å². The second-order valence-electron chi connectivity index (χ2n) is 9.71. The zero-order valence-electron chi connectivity index (χ0n) is 20.4. The molecular formula is C27H32N2O6. The Labute approximate surface area is 205 Å². The number of aliphatic carboxylic acids is 1. The predicted octanol–water partition coefficient (Wildman–Crippen LogP) is 3.79. The van der Waals surface area contributed by atoms with Gasteiger partial charge in [0.05, 0.1) is 6.61 Å². The Morgan fingerprint density at radius 1 is 1.09 bits per heavy atom. The number of hydrogen-bond acceptors (Lipinski definition) is 5. The Kier molecular flexibility index (Phi) is 6.85. The molecule has 1 fully saturated rings. The van der Waals surface area contributed by atoms with Gasteiger partial charge in [0.15, 0.2) is 0 Å². The molecule has 0 spiro atoms. The number of likely N-dealkylation sites (tertiary alicyclic amines) is 1. The number of nitrogens with zero attached hydrogens (tertiary/aromatic N) is 1. The fraction of sp³-hybridized carbons (Fsp3) is 0.444. The number of carboxylic acids is 1. The van der Waals surface area contributed by atoms with Crippen LogP contribution in [0, 0.1) is 0 Å². The lowest BCUT2D eigenvalue weighted by molar-refractivity contribution is -0.164. The van der Waals surface area contributed by atoms with E-state index < -0.39 is 29.0 Å². The highest BCUT2D eigenvalue weighted by atomic mass is 16.5. The summed E-state index contributed by atoms with van der Waals surface area (Å²) in [6.45, 7) is 3.37. The van der Waals surface area contributed by atoms with E-state index in [-0.39, 0.29) is 19.1 Å². The minimum absolute atomic E-state index is 0.105. The van der Waals surface area contributed by atoms with E-state index in [0.29, 0.717) is 25.8 Å². The smallest absolute Gasteiger partial charge is 0.408 e. The molecule has 8 nitrogen and oxygen atoms in total. The van der Waals surface area contributed by atoms with Gasteiger partial charge in [-0.3, -0.25) is 4.79 Å². The molecule has 2 N–H and O–H groups in total. The first-order chi connectivity index (χ1) is 16.7. The van der Waals surface area contributed by atoms with E-state index in [2.05, 4.69) is 17.4 Å². The Morgan fingerprint density at radius 3 is 2.26 bits per heavy atom. The van der Waals surface area contributed by atoms with Crippen molar-refractivity contribution in [1.29, 1.82) is 0 Å². The van der Waals surface area contributed by atoms with Gasteiger partial charge in [-0.2, -0.15) is 0 Å². The van der Waals surface area contributed by atoms with Gasteiger partial charge in [0, 0.05) is 19.6 Å². The van der Waals surface area contributed by atoms with Crippen molar-refractivity contribution in [3.05, 3.63) is 59.7 Å². The summed E-state index contributed by atoms with van der Waals surface area (Å²) in [7, 11) is 1.43. The van der Waals surface area contributed by atoms with Gasteiger partial charge < -0.3 is 24.8 Å². The van der Waals surface area contributed by atoms with Crippen LogP contribution in [-0.2, 0) is 19.1 Å². The summed E-state index contributed by atoms with van der Waals surface area (Å²) < 4.78 is 10.9. The van der Waals surface area contributed by atoms with Crippen LogP contribution in [0.5, 0.6) is 0 Å². The number of alkyl carbamates (subject to hydrolysis) is 1. The number of fused-ring (bicyclic) bond motifs is 3. The standard InChI is InChI=1S/C27H32N2O6/c1-26(17-34-3,23(30)29-15-9-8-14-27(29,2)24(31)32)28-25(33)35-16-22-20-12-6-4-10-18(20)19-11-5-7-13-21(19)22/h4-7,10-13,22H,8-9,14-17H2,1-3H3,(H,28,33)(H,31,32). The molecule has 186 valence electrons. The summed E-state index contributed by atoms with van der Waals surface area (Å²) in [4.78, 5) is 39.8. The van der Waals surface area contributed by atoms with Crippen molar-refractivity contribution in [2.45, 2.75) is 50.1 Å². The molecule has 0 saturated carbocycles. The molecule has 4 rings (SSSR count). The van der Waals surface area contributed by atoms with E-state index >= 15 is 0 Å². The zero-order chi connectivity index (χ0) is 25.2. The number of methoxy groups -OCH3 is 1. The zero-order valence-corrected chi connectivity index (χ0v) is 20.4. The molecule has 1 heterocycles. The maximum absolute atomic E-state index is 13.6. The number of benzene rings is 2. The third-order valence-electron chi connectivity index (χ3n) is 7.22. The minimum Gasteiger partial charge on any atom is -0.480 e. The van der Waals surface area contributed by atoms with E-state index in [1.165, 1.54) is 18.9 Å². The van der Waals surface area contributed by atoms with Gasteiger partial charge >= 0.3 is 12.1 Å². The molecule has 0 bridgehead atoms. The van der Waals surface area contributed by atoms with E-state index in [9.17, 15) is 19.5 Å². The highest BCUT2D eigenvalue weighted by Crippen LogP contribution is 2.44. The van der Waals surface area contributed by atoms with Crippen LogP contribution in [0.1, 0.15) is 50.2 Å². The lowest BCUT2D eigenvalue weighted by Gasteiger charge is -2.45. The van der Waals surface area contributed by atoms with Crippen molar-refractivity contribution < 1.29 is 29.0 Å². The number of carbonyl (C=O) groups is 3. The monoisotopic (exact) mass is 480 g/mol. The van der Waals surface area contributed by atoms with E-state index in [1.807, 2.05) is 36.4 Å². The van der Waals surface area contributed by atoms with Crippen molar-refractivity contribution in [2.75, 3.05) is 26.9 Å². The predicted molar refractivity (Wildman–Crippen MR) is 130 cm³/mol. The first kappa shape index (κ1) is 24.7. The van der Waals surface area contributed by atoms with Crippen LogP contribution in [0.25, 0.3) is 11.1 Å². The third-order valence-corrected chi connectivity index (χ3v) is 7.22. The number of amides is 2. The topological polar surface area (TPSA) is 105 Å². The average molecular weight is 481 g/mol. The molecule has 1 saturated heterocycles. The molecule has 2 atom stereocenters. The van der Waals surface area contributed by atoms with Gasteiger partial charge in [-0.15, -0.1) is 0 Å². The third kappa shape index (κ3) is 4.50. The summed E-state index contributed by atoms with van der Waals surface area (Å²) in [5, 5.41) is 12.5. The molecule has 8 heteroatoms. The van der Waals surface area contributed by atoms with Gasteiger partial charge in [-0.25, -0.2) is 9.59 Å². The van der Waals surface area contributed by atoms with Crippen LogP contribution < -0.4 is 5.32 Å². The SMILES string of the molecule is COCC(C)(NC(=O)OCC1c2ccccc2-c2ccccc21)C(=O)N1CCCCC1(C)C(=O)O. The van der Waals surface area contributed by atoms with Crippen molar-refractivity contribution in [3.8, 4) is 11.1 Å². The second-order valence-corrected chi connectivity index (χ2v) is 9.71. The number of rotatable bonds is 7. The van der Waals surface area contributed by atoms with Gasteiger partial charge in [0.25, 0.3) is 5.91 Å². The molecule has 2 unspecified atom stereocenters. The van der Waals surface area contributed by atoms with Crippen molar-refractivity contribution in [3.63, 3.8) is 0 Å². The number of ether oxygens (including phenoxy) is 2. The van der Waals surface area contributed by atoms with Crippen LogP contribution in [0.15, 0.2) is 48.5 Å². The summed E-state index contributed by atoms with van der Waals surface area (Å²) in [6, 6.07) is 16.1. The highest BCUT2D eigenvalue weighted by Gasteiger charge is 2.49. The number of carboxylic acid groups (broad SMARTS) is 1. The van der Waals surface area contributed by atoms with Crippen molar-refractivity contribution in [2.24, 2.45) is 0 Å². The molecule has 0 aromatic heterocycles. The van der Waals surface area contributed by atoms with E-state index in [1.54, 1.807) is 6.92 Å². The van der Waals surface area contributed by atoms with Gasteiger partial charge in [-0.1, -0.05) is 48.5 Å². The molecule has 2 aliphatic rings. The minimum atomic E-state index is -1.48. The number of nitrogens with one attached hydrogen (secondary N) is 1. The Morgan fingerprint density at radius 2 is 1.69 bits per heavy atom. The van der Waals surface area contributed by atoms with Crippen LogP contribution in [0.4, 0.5) is 4.79 Å². The highest BCUT2D eigenvalue weighted by molar-refractivity contribution is 5.94. The van der Waals surface area contributed by atoms with Gasteiger partial charge in [0.1, 0.15) is 17.7 Å². The second kappa shape index (κ2) is 9.70.